The fourth-order valence-corrected chi connectivity index (χ4v) is 9.29. The highest BCUT2D eigenvalue weighted by Gasteiger charge is 2.27. The van der Waals surface area contributed by atoms with Crippen LogP contribution < -0.4 is 0 Å². The van der Waals surface area contributed by atoms with E-state index in [0.717, 1.165) is 60.1 Å². The number of benzene rings is 11. The Labute approximate surface area is 339 Å². The number of aromatic hydroxyl groups is 4. The maximum absolute atomic E-state index is 11.6. The van der Waals surface area contributed by atoms with Crippen molar-refractivity contribution in [2.75, 3.05) is 0 Å². The fraction of sp³-hybridized carbons (Fsp3) is 0.0182. The van der Waals surface area contributed by atoms with Crippen LogP contribution >= 0.6 is 0 Å². The van der Waals surface area contributed by atoms with Gasteiger partial charge in [-0.25, -0.2) is 0 Å². The molecule has 4 nitrogen and oxygen atoms in total. The monoisotopic (exact) mass is 760 g/mol. The quantitative estimate of drug-likeness (QED) is 0.0623. The molecule has 0 heterocycles. The fourth-order valence-electron chi connectivity index (χ4n) is 9.29. The number of phenolic OH excluding ortho intramolecular Hbond substituents is 4. The van der Waals surface area contributed by atoms with E-state index in [1.54, 1.807) is 0 Å². The second-order valence-electron chi connectivity index (χ2n) is 15.4. The van der Waals surface area contributed by atoms with Crippen LogP contribution in [0.3, 0.4) is 0 Å². The highest BCUT2D eigenvalue weighted by Crippen LogP contribution is 2.55. The molecule has 4 heteroatoms. The van der Waals surface area contributed by atoms with Crippen LogP contribution in [0.2, 0.25) is 0 Å². The summed E-state index contributed by atoms with van der Waals surface area (Å²) in [4.78, 5) is 0. The summed E-state index contributed by atoms with van der Waals surface area (Å²) in [5.41, 5.74) is 7.05. The summed E-state index contributed by atoms with van der Waals surface area (Å²) in [6.45, 7) is 1.52. The molecular formula is C55H36O4. The molecule has 0 spiro atoms. The molecule has 0 saturated carbocycles. The van der Waals surface area contributed by atoms with E-state index in [-0.39, 0.29) is 16.9 Å². The van der Waals surface area contributed by atoms with Gasteiger partial charge in [-0.2, -0.15) is 0 Å². The molecule has 11 aromatic carbocycles. The Hall–Kier alpha value is -7.82. The Morgan fingerprint density at radius 1 is 0.271 bits per heavy atom. The Kier molecular flexibility index (Phi) is 7.66. The van der Waals surface area contributed by atoms with Gasteiger partial charge >= 0.3 is 0 Å². The van der Waals surface area contributed by atoms with Crippen LogP contribution in [0.4, 0.5) is 0 Å². The lowest BCUT2D eigenvalue weighted by Gasteiger charge is -2.21. The third-order valence-corrected chi connectivity index (χ3v) is 12.2. The van der Waals surface area contributed by atoms with E-state index in [4.69, 9.17) is 0 Å². The predicted octanol–water partition coefficient (Wildman–Crippen LogP) is 14.4. The van der Waals surface area contributed by atoms with Crippen LogP contribution in [-0.2, 0) is 0 Å². The van der Waals surface area contributed by atoms with Gasteiger partial charge in [-0.3, -0.25) is 0 Å². The minimum Gasteiger partial charge on any atom is -0.507 e. The number of hydrogen-bond acceptors (Lipinski definition) is 4. The largest absolute Gasteiger partial charge is 0.507 e. The molecule has 59 heavy (non-hydrogen) atoms. The topological polar surface area (TPSA) is 80.9 Å². The summed E-state index contributed by atoms with van der Waals surface area (Å²) in [5.74, 6) is -2.10. The Bertz CT molecular complexity index is 3520. The lowest BCUT2D eigenvalue weighted by atomic mass is 9.83. The maximum atomic E-state index is 11.6. The summed E-state index contributed by atoms with van der Waals surface area (Å²) in [7, 11) is 0. The van der Waals surface area contributed by atoms with Crippen molar-refractivity contribution in [3.63, 3.8) is 0 Å². The summed E-state index contributed by atoms with van der Waals surface area (Å²) in [6.07, 6.45) is 0. The number of hydrogen-bond donors (Lipinski definition) is 4. The van der Waals surface area contributed by atoms with Gasteiger partial charge in [-0.05, 0) is 129 Å². The first-order valence-electron chi connectivity index (χ1n) is 19.7. The Morgan fingerprint density at radius 3 is 1.58 bits per heavy atom. The lowest BCUT2D eigenvalue weighted by Crippen LogP contribution is -1.94. The molecule has 0 unspecified atom stereocenters. The minimum absolute atomic E-state index is 0.0658. The molecule has 0 atom stereocenters. The minimum atomic E-state index is -0.672. The first kappa shape index (κ1) is 34.4. The standard InChI is InChI=1S/C55H36O4/c1-31-52(56)51(54(58)55(59)53(31)57)50-44-18-10-9-17-43(44)49(45-26-24-36(29-48(45)50)32-11-3-2-4-12-32)38-22-20-34-27-37(21-19-35(34)28-38)46-30-47-39-14-6-5-13-33(39)23-25-42(47)40-15-7-8-16-41(40)46/h2-30,56-59H,1H3. The van der Waals surface area contributed by atoms with Crippen LogP contribution in [0.1, 0.15) is 5.56 Å². The van der Waals surface area contributed by atoms with E-state index >= 15 is 0 Å². The summed E-state index contributed by atoms with van der Waals surface area (Å²) in [6, 6.07) is 61.7. The smallest absolute Gasteiger partial charge is 0.201 e. The van der Waals surface area contributed by atoms with Crippen LogP contribution in [0.15, 0.2) is 176 Å². The van der Waals surface area contributed by atoms with Crippen molar-refractivity contribution in [2.45, 2.75) is 6.92 Å². The SMILES string of the molecule is Cc1c(O)c(O)c(O)c(-c2c3ccccc3c(-c3ccc4cc(-c5cc6c7ccccc7ccc6c6ccccc56)ccc4c3)c3ccc(-c4ccccc4)cc23)c1O. The van der Waals surface area contributed by atoms with Crippen molar-refractivity contribution in [1.29, 1.82) is 0 Å². The van der Waals surface area contributed by atoms with Gasteiger partial charge < -0.3 is 20.4 Å². The van der Waals surface area contributed by atoms with E-state index < -0.39 is 17.2 Å². The van der Waals surface area contributed by atoms with Crippen molar-refractivity contribution in [1.82, 2.24) is 0 Å². The van der Waals surface area contributed by atoms with Gasteiger partial charge in [0.2, 0.25) is 5.75 Å². The number of fused-ring (bicyclic) bond motifs is 8. The molecule has 0 aliphatic heterocycles. The molecule has 280 valence electrons. The molecule has 4 N–H and O–H groups in total. The Morgan fingerprint density at radius 2 is 0.814 bits per heavy atom. The van der Waals surface area contributed by atoms with Gasteiger partial charge in [0, 0.05) is 11.1 Å². The third-order valence-electron chi connectivity index (χ3n) is 12.2. The normalized spacial score (nSPS) is 11.7. The molecule has 11 rings (SSSR count). The van der Waals surface area contributed by atoms with E-state index in [9.17, 15) is 20.4 Å². The third kappa shape index (κ3) is 5.23. The number of rotatable bonds is 4. The van der Waals surface area contributed by atoms with Gasteiger partial charge in [0.25, 0.3) is 0 Å². The average molecular weight is 761 g/mol. The van der Waals surface area contributed by atoms with E-state index in [0.29, 0.717) is 5.56 Å². The number of phenols is 4. The zero-order valence-corrected chi connectivity index (χ0v) is 32.0. The van der Waals surface area contributed by atoms with Crippen molar-refractivity contribution in [2.24, 2.45) is 0 Å². The zero-order valence-electron chi connectivity index (χ0n) is 32.0. The lowest BCUT2D eigenvalue weighted by molar-refractivity contribution is 0.360. The van der Waals surface area contributed by atoms with Crippen LogP contribution in [-0.4, -0.2) is 20.4 Å². The predicted molar refractivity (Wildman–Crippen MR) is 245 cm³/mol. The molecule has 0 bridgehead atoms. The van der Waals surface area contributed by atoms with Gasteiger partial charge in [0.05, 0.1) is 5.56 Å². The first-order chi connectivity index (χ1) is 28.9. The van der Waals surface area contributed by atoms with Crippen molar-refractivity contribution >= 4 is 64.6 Å². The molecule has 0 amide bonds. The summed E-state index contributed by atoms with van der Waals surface area (Å²) < 4.78 is 0. The molecule has 0 aliphatic carbocycles. The van der Waals surface area contributed by atoms with Crippen LogP contribution in [0.25, 0.3) is 109 Å². The average Bonchev–Trinajstić information content (AvgIpc) is 3.29. The highest BCUT2D eigenvalue weighted by atomic mass is 16.3. The van der Waals surface area contributed by atoms with Crippen LogP contribution in [0.5, 0.6) is 23.0 Å². The van der Waals surface area contributed by atoms with Crippen molar-refractivity contribution < 1.29 is 20.4 Å². The van der Waals surface area contributed by atoms with Gasteiger partial charge in [-0.1, -0.05) is 152 Å². The van der Waals surface area contributed by atoms with Crippen LogP contribution in [0, 0.1) is 6.92 Å². The summed E-state index contributed by atoms with van der Waals surface area (Å²) in [5, 5.41) is 57.5. The Balaban J connectivity index is 1.15. The van der Waals surface area contributed by atoms with Crippen molar-refractivity contribution in [3.8, 4) is 67.5 Å². The van der Waals surface area contributed by atoms with Gasteiger partial charge in [-0.15, -0.1) is 0 Å². The molecule has 11 aromatic rings. The summed E-state index contributed by atoms with van der Waals surface area (Å²) >= 11 is 0. The molecule has 0 fully saturated rings. The zero-order chi connectivity index (χ0) is 39.9. The second kappa shape index (κ2) is 13.1. The van der Waals surface area contributed by atoms with Crippen molar-refractivity contribution in [3.05, 3.63) is 181 Å². The van der Waals surface area contributed by atoms with Gasteiger partial charge in [0.1, 0.15) is 5.75 Å². The van der Waals surface area contributed by atoms with Gasteiger partial charge in [0.15, 0.2) is 11.5 Å². The highest BCUT2D eigenvalue weighted by molar-refractivity contribution is 6.24. The molecule has 0 radical (unpaired) electrons. The maximum Gasteiger partial charge on any atom is 0.201 e. The van der Waals surface area contributed by atoms with E-state index in [2.05, 4.69) is 140 Å². The molecular weight excluding hydrogens is 725 g/mol. The molecule has 0 saturated heterocycles. The second-order valence-corrected chi connectivity index (χ2v) is 15.4. The van der Waals surface area contributed by atoms with E-state index in [1.807, 2.05) is 36.4 Å². The first-order valence-corrected chi connectivity index (χ1v) is 19.7. The van der Waals surface area contributed by atoms with E-state index in [1.165, 1.54) is 44.8 Å². The molecule has 0 aliphatic rings. The molecule has 0 aromatic heterocycles.